The van der Waals surface area contributed by atoms with Crippen LogP contribution in [0.25, 0.3) is 12.2 Å². The maximum atomic E-state index is 13.7. The number of anilines is 1. The average Bonchev–Trinajstić information content (AvgIpc) is 3.25. The number of ketones is 2. The van der Waals surface area contributed by atoms with Gasteiger partial charge in [-0.15, -0.1) is 26.3 Å². The molecule has 0 bridgehead atoms. The van der Waals surface area contributed by atoms with Crippen LogP contribution in [0.15, 0.2) is 121 Å². The number of benzene rings is 5. The number of carbonyl (C=O) groups is 4. The van der Waals surface area contributed by atoms with Crippen molar-refractivity contribution in [1.82, 2.24) is 0 Å². The van der Waals surface area contributed by atoms with E-state index in [9.17, 15) is 55.7 Å². The molecule has 0 radical (unpaired) electrons. The van der Waals surface area contributed by atoms with E-state index < -0.39 is 65.9 Å². The van der Waals surface area contributed by atoms with Gasteiger partial charge in [-0.05, 0) is 114 Å². The Morgan fingerprint density at radius 1 is 0.615 bits per heavy atom. The second-order valence-electron chi connectivity index (χ2n) is 13.8. The van der Waals surface area contributed by atoms with Crippen LogP contribution in [0.1, 0.15) is 43.8 Å². The Hall–Kier alpha value is -7.64. The lowest BCUT2D eigenvalue weighted by molar-refractivity contribution is -0.275. The summed E-state index contributed by atoms with van der Waals surface area (Å²) in [5.41, 5.74) is 4.75. The molecule has 0 saturated carbocycles. The predicted octanol–water partition coefficient (Wildman–Crippen LogP) is 8.11. The number of carbonyl (C=O) groups excluding carboxylic acids is 4. The number of alkyl halides is 6. The van der Waals surface area contributed by atoms with Crippen LogP contribution in [-0.2, 0) is 16.0 Å². The Balaban J connectivity index is 1.27. The van der Waals surface area contributed by atoms with Gasteiger partial charge in [0.15, 0.2) is 34.6 Å². The summed E-state index contributed by atoms with van der Waals surface area (Å²) in [7, 11) is 2.54. The summed E-state index contributed by atoms with van der Waals surface area (Å²) in [4.78, 5) is 52.3. The number of hydrogen-bond acceptors (Lipinski definition) is 13. The van der Waals surface area contributed by atoms with E-state index in [1.54, 1.807) is 12.1 Å². The van der Waals surface area contributed by atoms with Gasteiger partial charge in [-0.2, -0.15) is 0 Å². The van der Waals surface area contributed by atoms with Gasteiger partial charge in [0.1, 0.15) is 23.2 Å². The van der Waals surface area contributed by atoms with Gasteiger partial charge >= 0.3 is 24.7 Å². The molecule has 0 spiro atoms. The van der Waals surface area contributed by atoms with Gasteiger partial charge < -0.3 is 44.4 Å². The Morgan fingerprint density at radius 2 is 1.05 bits per heavy atom. The van der Waals surface area contributed by atoms with E-state index in [4.69, 9.17) is 24.7 Å². The van der Waals surface area contributed by atoms with E-state index in [0.717, 1.165) is 60.7 Å². The molecule has 2 atom stereocenters. The molecule has 0 heterocycles. The number of nitrogen functional groups attached to an aromatic ring is 1. The highest BCUT2D eigenvalue weighted by Crippen LogP contribution is 2.32. The molecule has 0 aliphatic heterocycles. The first kappa shape index (κ1) is 48.4. The summed E-state index contributed by atoms with van der Waals surface area (Å²) >= 11 is 0. The first-order valence-corrected chi connectivity index (χ1v) is 18.8. The summed E-state index contributed by atoms with van der Waals surface area (Å²) in [6, 6.07) is 22.5. The second kappa shape index (κ2) is 20.7. The smallest absolute Gasteiger partial charge is 0.493 e. The maximum absolute atomic E-state index is 13.7. The Morgan fingerprint density at radius 3 is 1.46 bits per heavy atom. The van der Waals surface area contributed by atoms with Gasteiger partial charge in [-0.3, -0.25) is 9.59 Å². The van der Waals surface area contributed by atoms with Crippen molar-refractivity contribution in [2.45, 2.75) is 37.3 Å². The molecule has 19 heteroatoms. The number of ether oxygens (including phenoxy) is 6. The molecule has 65 heavy (non-hydrogen) atoms. The normalized spacial score (nSPS) is 13.1. The van der Waals surface area contributed by atoms with Crippen LogP contribution in [0.4, 0.5) is 32.0 Å². The summed E-state index contributed by atoms with van der Waals surface area (Å²) in [5, 5.41) is 22.8. The lowest BCUT2D eigenvalue weighted by Crippen LogP contribution is -2.44. The quantitative estimate of drug-likeness (QED) is 0.0252. The highest BCUT2D eigenvalue weighted by atomic mass is 19.4. The van der Waals surface area contributed by atoms with Gasteiger partial charge in [0, 0.05) is 18.5 Å². The van der Waals surface area contributed by atoms with Crippen molar-refractivity contribution in [1.29, 1.82) is 0 Å². The first-order chi connectivity index (χ1) is 30.6. The molecular weight excluding hydrogens is 872 g/mol. The topological polar surface area (TPSA) is 190 Å². The molecule has 340 valence electrons. The molecule has 0 aromatic heterocycles. The number of aliphatic hydroxyl groups is 2. The average molecular weight is 910 g/mol. The van der Waals surface area contributed by atoms with Crippen molar-refractivity contribution >= 4 is 41.3 Å². The highest BCUT2D eigenvalue weighted by Gasteiger charge is 2.38. The molecule has 0 aliphatic rings. The molecule has 4 N–H and O–H groups in total. The van der Waals surface area contributed by atoms with Crippen molar-refractivity contribution in [3.05, 3.63) is 149 Å². The SMILES string of the molecule is COc1cc(/C=C/C(=O)C(O)CC(O)(Cc2ccc(N)cc2)C(=O)/C=C/c2ccc(OC(=O)c3ccc(OC(F)(F)F)cc3)c(OC)c2)ccc1OC(=O)c1ccc(OC(F)(F)F)cc1. The lowest BCUT2D eigenvalue weighted by atomic mass is 9.83. The van der Waals surface area contributed by atoms with Crippen molar-refractivity contribution in [3.8, 4) is 34.5 Å². The molecule has 2 unspecified atom stereocenters. The number of halogens is 6. The monoisotopic (exact) mass is 909 g/mol. The van der Waals surface area contributed by atoms with Gasteiger partial charge in [-0.1, -0.05) is 36.4 Å². The largest absolute Gasteiger partial charge is 0.573 e. The van der Waals surface area contributed by atoms with Crippen molar-refractivity contribution in [2.24, 2.45) is 0 Å². The lowest BCUT2D eigenvalue weighted by Gasteiger charge is -2.27. The zero-order valence-electron chi connectivity index (χ0n) is 34.0. The van der Waals surface area contributed by atoms with E-state index in [1.165, 1.54) is 74.9 Å². The van der Waals surface area contributed by atoms with E-state index in [2.05, 4.69) is 9.47 Å². The Labute approximate surface area is 365 Å². The third kappa shape index (κ3) is 14.2. The number of hydrogen-bond donors (Lipinski definition) is 3. The first-order valence-electron chi connectivity index (χ1n) is 18.8. The fourth-order valence-corrected chi connectivity index (χ4v) is 5.92. The minimum Gasteiger partial charge on any atom is -0.493 e. The zero-order chi connectivity index (χ0) is 47.5. The summed E-state index contributed by atoms with van der Waals surface area (Å²) < 4.78 is 104. The second-order valence-corrected chi connectivity index (χ2v) is 13.8. The molecule has 0 amide bonds. The van der Waals surface area contributed by atoms with Gasteiger partial charge in [0.2, 0.25) is 0 Å². The Bertz CT molecular complexity index is 2560. The van der Waals surface area contributed by atoms with Gasteiger partial charge in [-0.25, -0.2) is 9.59 Å². The van der Waals surface area contributed by atoms with E-state index >= 15 is 0 Å². The van der Waals surface area contributed by atoms with Crippen LogP contribution in [0.3, 0.4) is 0 Å². The van der Waals surface area contributed by atoms with E-state index in [-0.39, 0.29) is 40.5 Å². The minimum absolute atomic E-state index is 0.0234. The van der Waals surface area contributed by atoms with Crippen LogP contribution in [0.5, 0.6) is 34.5 Å². The third-order valence-corrected chi connectivity index (χ3v) is 9.09. The number of nitrogens with two attached hydrogens (primary N) is 1. The third-order valence-electron chi connectivity index (χ3n) is 9.09. The molecule has 5 aromatic carbocycles. The molecule has 0 aliphatic carbocycles. The molecule has 5 aromatic rings. The van der Waals surface area contributed by atoms with Crippen LogP contribution >= 0.6 is 0 Å². The summed E-state index contributed by atoms with van der Waals surface area (Å²) in [5.74, 6) is -4.83. The molecule has 0 saturated heterocycles. The van der Waals surface area contributed by atoms with Crippen molar-refractivity contribution < 1.29 is 84.2 Å². The van der Waals surface area contributed by atoms with Crippen LogP contribution in [0, 0.1) is 0 Å². The van der Waals surface area contributed by atoms with Crippen LogP contribution in [0.2, 0.25) is 0 Å². The van der Waals surface area contributed by atoms with E-state index in [0.29, 0.717) is 22.4 Å². The fourth-order valence-electron chi connectivity index (χ4n) is 5.92. The fraction of sp³-hybridized carbons (Fsp3) is 0.174. The van der Waals surface area contributed by atoms with E-state index in [1.807, 2.05) is 0 Å². The van der Waals surface area contributed by atoms with Crippen molar-refractivity contribution in [2.75, 3.05) is 20.0 Å². The number of esters is 2. The predicted molar refractivity (Wildman–Crippen MR) is 220 cm³/mol. The number of aliphatic hydroxyl groups excluding tert-OH is 1. The van der Waals surface area contributed by atoms with Crippen LogP contribution in [-0.4, -0.2) is 72.4 Å². The standard InChI is InChI=1S/C46H37F6NO12/c1-60-39-23-27(6-20-37(39)62-42(57)30-9-15-33(16-10-30)64-45(47,48)49)5-19-35(54)36(55)26-44(59,25-29-3-13-32(53)14-4-29)41(56)22-8-28-7-21-38(40(24-28)61-2)63-43(58)31-11-17-34(18-12-31)65-46(50,51)52/h3-24,36,55,59H,25-26,53H2,1-2H3/b19-5+,22-8+. The molecule has 13 nitrogen and oxygen atoms in total. The molecule has 5 rings (SSSR count). The number of methoxy groups -OCH3 is 2. The van der Waals surface area contributed by atoms with Gasteiger partial charge in [0.25, 0.3) is 0 Å². The molecular formula is C46H37F6NO12. The minimum atomic E-state index is -4.92. The Kier molecular flexibility index (Phi) is 15.4. The zero-order valence-corrected chi connectivity index (χ0v) is 34.0. The molecule has 0 fully saturated rings. The van der Waals surface area contributed by atoms with Crippen LogP contribution < -0.4 is 34.2 Å². The van der Waals surface area contributed by atoms with Gasteiger partial charge in [0.05, 0.1) is 25.3 Å². The highest BCUT2D eigenvalue weighted by molar-refractivity contribution is 6.02. The summed E-state index contributed by atoms with van der Waals surface area (Å²) in [6.45, 7) is 0. The maximum Gasteiger partial charge on any atom is 0.573 e. The van der Waals surface area contributed by atoms with Crippen molar-refractivity contribution in [3.63, 3.8) is 0 Å². The summed E-state index contributed by atoms with van der Waals surface area (Å²) in [6.07, 6.45) is -8.24. The number of rotatable bonds is 18.